The van der Waals surface area contributed by atoms with Crippen LogP contribution >= 0.6 is 0 Å². The number of hydrogen-bond donors (Lipinski definition) is 3. The number of rotatable bonds is 12. The van der Waals surface area contributed by atoms with Gasteiger partial charge in [-0.25, -0.2) is 4.79 Å². The Kier molecular flexibility index (Phi) is 11.8. The van der Waals surface area contributed by atoms with Crippen molar-refractivity contribution in [2.24, 2.45) is 17.8 Å². The van der Waals surface area contributed by atoms with E-state index in [1.165, 1.54) is 0 Å². The van der Waals surface area contributed by atoms with Crippen LogP contribution in [0.15, 0.2) is 0 Å². The molecule has 0 saturated heterocycles. The van der Waals surface area contributed by atoms with E-state index in [0.29, 0.717) is 12.3 Å². The van der Waals surface area contributed by atoms with Crippen molar-refractivity contribution in [2.75, 3.05) is 6.54 Å². The number of nitrogens with one attached hydrogen (secondary N) is 2. The van der Waals surface area contributed by atoms with Gasteiger partial charge in [0.25, 0.3) is 0 Å². The maximum atomic E-state index is 12.7. The minimum absolute atomic E-state index is 0.0165. The first-order valence-electron chi connectivity index (χ1n) is 10.3. The zero-order valence-corrected chi connectivity index (χ0v) is 18.6. The summed E-state index contributed by atoms with van der Waals surface area (Å²) in [6, 6.07) is -0.714. The van der Waals surface area contributed by atoms with Crippen LogP contribution in [-0.4, -0.2) is 41.3 Å². The Balaban J connectivity index is 4.91. The molecule has 2 amide bonds. The van der Waals surface area contributed by atoms with Crippen LogP contribution in [0.2, 0.25) is 0 Å². The van der Waals surface area contributed by atoms with Gasteiger partial charge < -0.3 is 20.5 Å². The van der Waals surface area contributed by atoms with Crippen molar-refractivity contribution < 1.29 is 24.2 Å². The Morgan fingerprint density at radius 2 is 1.68 bits per heavy atom. The molecule has 0 spiro atoms. The van der Waals surface area contributed by atoms with Gasteiger partial charge in [0.1, 0.15) is 11.6 Å². The summed E-state index contributed by atoms with van der Waals surface area (Å²) in [4.78, 5) is 35.9. The smallest absolute Gasteiger partial charge is 0.408 e. The van der Waals surface area contributed by atoms with E-state index in [1.807, 2.05) is 13.8 Å². The summed E-state index contributed by atoms with van der Waals surface area (Å²) in [5, 5.41) is 14.6. The molecule has 3 N–H and O–H groups in total. The number of aliphatic carboxylic acids is 1. The molecular formula is C21H40N2O5. The van der Waals surface area contributed by atoms with Crippen molar-refractivity contribution in [3.63, 3.8) is 0 Å². The lowest BCUT2D eigenvalue weighted by Crippen LogP contribution is -2.49. The molecular weight excluding hydrogens is 360 g/mol. The predicted octanol–water partition coefficient (Wildman–Crippen LogP) is 3.96. The summed E-state index contributed by atoms with van der Waals surface area (Å²) in [6.07, 6.45) is 2.68. The molecule has 164 valence electrons. The van der Waals surface area contributed by atoms with Crippen LogP contribution in [-0.2, 0) is 14.3 Å². The third-order valence-corrected chi connectivity index (χ3v) is 4.26. The number of amides is 2. The van der Waals surface area contributed by atoms with Crippen molar-refractivity contribution in [3.8, 4) is 0 Å². The normalized spacial score (nSPS) is 14.9. The second-order valence-corrected chi connectivity index (χ2v) is 9.17. The topological polar surface area (TPSA) is 105 Å². The van der Waals surface area contributed by atoms with Gasteiger partial charge in [0.2, 0.25) is 5.91 Å². The van der Waals surface area contributed by atoms with E-state index in [4.69, 9.17) is 9.84 Å². The average Bonchev–Trinajstić information content (AvgIpc) is 2.48. The van der Waals surface area contributed by atoms with E-state index in [0.717, 1.165) is 19.3 Å². The first-order chi connectivity index (χ1) is 12.8. The van der Waals surface area contributed by atoms with Crippen LogP contribution in [0.5, 0.6) is 0 Å². The van der Waals surface area contributed by atoms with E-state index in [-0.39, 0.29) is 30.7 Å². The van der Waals surface area contributed by atoms with Gasteiger partial charge in [0, 0.05) is 13.0 Å². The molecule has 0 aromatic heterocycles. The highest BCUT2D eigenvalue weighted by molar-refractivity contribution is 5.85. The molecule has 28 heavy (non-hydrogen) atoms. The molecule has 0 aliphatic heterocycles. The number of carbonyl (C=O) groups excluding carboxylic acids is 2. The van der Waals surface area contributed by atoms with Crippen LogP contribution in [0.3, 0.4) is 0 Å². The minimum atomic E-state index is -0.867. The van der Waals surface area contributed by atoms with Crippen molar-refractivity contribution in [1.29, 1.82) is 0 Å². The van der Waals surface area contributed by atoms with Gasteiger partial charge in [-0.2, -0.15) is 0 Å². The summed E-state index contributed by atoms with van der Waals surface area (Å²) in [5.74, 6) is -0.710. The number of carbonyl (C=O) groups is 3. The number of carboxylic acids is 1. The summed E-state index contributed by atoms with van der Waals surface area (Å²) >= 11 is 0. The Morgan fingerprint density at radius 1 is 1.07 bits per heavy atom. The van der Waals surface area contributed by atoms with Gasteiger partial charge in [0.05, 0.1) is 0 Å². The monoisotopic (exact) mass is 400 g/mol. The molecule has 7 heteroatoms. The third kappa shape index (κ3) is 13.4. The number of hydrogen-bond acceptors (Lipinski definition) is 4. The fourth-order valence-electron chi connectivity index (χ4n) is 3.19. The maximum absolute atomic E-state index is 12.7. The molecule has 0 heterocycles. The molecule has 0 saturated carbocycles. The van der Waals surface area contributed by atoms with Gasteiger partial charge in [-0.1, -0.05) is 40.5 Å². The molecule has 0 fully saturated rings. The zero-order valence-electron chi connectivity index (χ0n) is 18.6. The third-order valence-electron chi connectivity index (χ3n) is 4.26. The van der Waals surface area contributed by atoms with Crippen molar-refractivity contribution in [2.45, 2.75) is 92.2 Å². The second kappa shape index (κ2) is 12.6. The van der Waals surface area contributed by atoms with Gasteiger partial charge in [-0.15, -0.1) is 0 Å². The summed E-state index contributed by atoms with van der Waals surface area (Å²) in [6.45, 7) is 13.7. The lowest BCUT2D eigenvalue weighted by molar-refractivity contribution is -0.138. The van der Waals surface area contributed by atoms with Crippen molar-refractivity contribution >= 4 is 18.0 Å². The lowest BCUT2D eigenvalue weighted by atomic mass is 9.90. The molecule has 0 bridgehead atoms. The Hall–Kier alpha value is -1.79. The average molecular weight is 401 g/mol. The van der Waals surface area contributed by atoms with Gasteiger partial charge >= 0.3 is 12.1 Å². The largest absolute Gasteiger partial charge is 0.481 e. The fourth-order valence-corrected chi connectivity index (χ4v) is 3.19. The van der Waals surface area contributed by atoms with Crippen LogP contribution in [0.1, 0.15) is 80.6 Å². The molecule has 7 nitrogen and oxygen atoms in total. The highest BCUT2D eigenvalue weighted by Gasteiger charge is 2.26. The summed E-state index contributed by atoms with van der Waals surface area (Å²) in [7, 11) is 0. The maximum Gasteiger partial charge on any atom is 0.408 e. The predicted molar refractivity (Wildman–Crippen MR) is 110 cm³/mol. The van der Waals surface area contributed by atoms with E-state index >= 15 is 0 Å². The van der Waals surface area contributed by atoms with E-state index in [9.17, 15) is 14.4 Å². The summed E-state index contributed by atoms with van der Waals surface area (Å²) < 4.78 is 5.25. The highest BCUT2D eigenvalue weighted by Crippen LogP contribution is 2.19. The quantitative estimate of drug-likeness (QED) is 0.460. The zero-order chi connectivity index (χ0) is 21.9. The van der Waals surface area contributed by atoms with Crippen molar-refractivity contribution in [1.82, 2.24) is 10.6 Å². The lowest BCUT2D eigenvalue weighted by Gasteiger charge is -2.25. The molecule has 0 aromatic carbocycles. The molecule has 3 unspecified atom stereocenters. The molecule has 0 aromatic rings. The SMILES string of the molecule is CCCC(C)CC(CNC(=O)C(CC(C)C)NC(=O)OC(C)(C)C)CC(=O)O. The Labute approximate surface area is 170 Å². The van der Waals surface area contributed by atoms with Crippen LogP contribution in [0, 0.1) is 17.8 Å². The minimum Gasteiger partial charge on any atom is -0.481 e. The molecule has 3 atom stereocenters. The van der Waals surface area contributed by atoms with Crippen LogP contribution < -0.4 is 10.6 Å². The van der Waals surface area contributed by atoms with E-state index < -0.39 is 23.7 Å². The van der Waals surface area contributed by atoms with Gasteiger partial charge in [-0.3, -0.25) is 9.59 Å². The van der Waals surface area contributed by atoms with E-state index in [2.05, 4.69) is 24.5 Å². The van der Waals surface area contributed by atoms with Crippen LogP contribution in [0.4, 0.5) is 4.79 Å². The first kappa shape index (κ1) is 26.2. The highest BCUT2D eigenvalue weighted by atomic mass is 16.6. The van der Waals surface area contributed by atoms with Gasteiger partial charge in [-0.05, 0) is 51.4 Å². The van der Waals surface area contributed by atoms with E-state index in [1.54, 1.807) is 20.8 Å². The molecule has 0 aliphatic rings. The number of ether oxygens (including phenoxy) is 1. The number of alkyl carbamates (subject to hydrolysis) is 1. The number of carboxylic acid groups (broad SMARTS) is 1. The molecule has 0 radical (unpaired) electrons. The molecule has 0 rings (SSSR count). The van der Waals surface area contributed by atoms with Gasteiger partial charge in [0.15, 0.2) is 0 Å². The van der Waals surface area contributed by atoms with Crippen molar-refractivity contribution in [3.05, 3.63) is 0 Å². The summed E-state index contributed by atoms with van der Waals surface area (Å²) in [5.41, 5.74) is -0.648. The fraction of sp³-hybridized carbons (Fsp3) is 0.857. The second-order valence-electron chi connectivity index (χ2n) is 9.17. The standard InChI is InChI=1S/C21H40N2O5/c1-8-9-15(4)11-16(12-18(24)25)13-22-19(26)17(10-14(2)3)23-20(27)28-21(5,6)7/h14-17H,8-13H2,1-7H3,(H,22,26)(H,23,27)(H,24,25). The Bertz CT molecular complexity index is 500. The van der Waals surface area contributed by atoms with Crippen LogP contribution in [0.25, 0.3) is 0 Å². The Morgan fingerprint density at radius 3 is 2.14 bits per heavy atom. The first-order valence-corrected chi connectivity index (χ1v) is 10.3. The molecule has 0 aliphatic carbocycles.